The van der Waals surface area contributed by atoms with Crippen molar-refractivity contribution in [2.24, 2.45) is 0 Å². The van der Waals surface area contributed by atoms with Gasteiger partial charge >= 0.3 is 58.4 Å². The Bertz CT molecular complexity index is 422. The third-order valence-corrected chi connectivity index (χ3v) is 2.75. The predicted octanol–water partition coefficient (Wildman–Crippen LogP) is -1.08. The van der Waals surface area contributed by atoms with E-state index in [-0.39, 0.29) is 69.0 Å². The second-order valence-corrected chi connectivity index (χ2v) is 4.08. The van der Waals surface area contributed by atoms with Gasteiger partial charge in [0, 0.05) is 6.42 Å². The van der Waals surface area contributed by atoms with Gasteiger partial charge in [-0.05, 0) is 18.2 Å². The summed E-state index contributed by atoms with van der Waals surface area (Å²) >= 11 is 0. The van der Waals surface area contributed by atoms with Crippen molar-refractivity contribution in [3.63, 3.8) is 0 Å². The molecule has 100 valence electrons. The first kappa shape index (κ1) is 17.3. The van der Waals surface area contributed by atoms with Crippen molar-refractivity contribution in [1.82, 2.24) is 0 Å². The maximum Gasteiger partial charge on any atom is 1.00 e. The first-order valence-corrected chi connectivity index (χ1v) is 5.63. The summed E-state index contributed by atoms with van der Waals surface area (Å²) in [6, 6.07) is 3.71. The Kier molecular flexibility index (Phi) is 6.68. The Hall–Kier alpha value is 0.271. The van der Waals surface area contributed by atoms with Crippen molar-refractivity contribution < 1.29 is 78.5 Å². The predicted molar refractivity (Wildman–Crippen MR) is 61.6 cm³/mol. The van der Waals surface area contributed by atoms with Crippen LogP contribution in [0.25, 0.3) is 0 Å². The number of hydrogen-bond acceptors (Lipinski definition) is 3. The molecule has 0 spiro atoms. The Morgan fingerprint density at radius 2 is 2.05 bits per heavy atom. The summed E-state index contributed by atoms with van der Waals surface area (Å²) in [6.45, 7) is -4.28. The molecule has 0 radical (unpaired) electrons. The van der Waals surface area contributed by atoms with E-state index in [0.717, 1.165) is 6.07 Å². The van der Waals surface area contributed by atoms with Crippen LogP contribution in [0.2, 0.25) is 0 Å². The molecule has 1 saturated heterocycles. The Morgan fingerprint density at radius 1 is 1.32 bits per heavy atom. The first-order chi connectivity index (χ1) is 8.50. The van der Waals surface area contributed by atoms with Gasteiger partial charge < -0.3 is 27.2 Å². The molecule has 1 atom stereocenters. The zero-order valence-electron chi connectivity index (χ0n) is 10.9. The molecule has 1 aliphatic rings. The summed E-state index contributed by atoms with van der Waals surface area (Å²) in [7, 11) is 1.33. The van der Waals surface area contributed by atoms with Crippen LogP contribution in [0.15, 0.2) is 18.2 Å². The number of hydrogen-bond donors (Lipinski definition) is 0. The smallest absolute Gasteiger partial charge is 0.497 e. The molecule has 3 nitrogen and oxygen atoms in total. The normalized spacial score (nSPS) is 18.8. The van der Waals surface area contributed by atoms with Crippen LogP contribution in [0.4, 0.5) is 12.9 Å². The van der Waals surface area contributed by atoms with E-state index < -0.39 is 12.4 Å². The second-order valence-electron chi connectivity index (χ2n) is 4.08. The summed E-state index contributed by atoms with van der Waals surface area (Å²) in [4.78, 5) is 0. The number of methoxy groups -OCH3 is 1. The van der Waals surface area contributed by atoms with Crippen LogP contribution in [-0.2, 0) is 4.74 Å². The molecule has 1 unspecified atom stereocenters. The van der Waals surface area contributed by atoms with Gasteiger partial charge in [-0.2, -0.15) is 0 Å². The quantitative estimate of drug-likeness (QED) is 0.662. The summed E-state index contributed by atoms with van der Waals surface area (Å²) < 4.78 is 54.0. The van der Waals surface area contributed by atoms with Crippen LogP contribution < -0.4 is 66.3 Å². The third kappa shape index (κ3) is 4.64. The van der Waals surface area contributed by atoms with E-state index in [9.17, 15) is 12.9 Å². The van der Waals surface area contributed by atoms with Crippen molar-refractivity contribution >= 4 is 12.4 Å². The summed E-state index contributed by atoms with van der Waals surface area (Å²) in [6.07, 6.45) is 0.298. The molecular formula is C11H13BF3KO3. The van der Waals surface area contributed by atoms with Crippen LogP contribution in [0.5, 0.6) is 11.5 Å². The standard InChI is InChI=1S/C11H13BF3O3.K/c1-16-8-2-3-11(10(6-8)12(13,14)15)18-9-4-5-17-7-9;/h2-3,6,9H,4-5,7H2,1H3;/q-1;+1. The van der Waals surface area contributed by atoms with Crippen LogP contribution in [0, 0.1) is 0 Å². The SMILES string of the molecule is COc1ccc(OC2CCOC2)c([B-](F)(F)F)c1.[K+]. The molecule has 1 fully saturated rings. The van der Waals surface area contributed by atoms with Crippen molar-refractivity contribution in [2.45, 2.75) is 12.5 Å². The summed E-state index contributed by atoms with van der Waals surface area (Å²) in [5.41, 5.74) is -0.763. The first-order valence-electron chi connectivity index (χ1n) is 5.63. The van der Waals surface area contributed by atoms with Crippen LogP contribution in [0.1, 0.15) is 6.42 Å². The average molecular weight is 300 g/mol. The van der Waals surface area contributed by atoms with Crippen molar-refractivity contribution in [3.8, 4) is 11.5 Å². The van der Waals surface area contributed by atoms with Gasteiger partial charge in [-0.3, -0.25) is 0 Å². The fourth-order valence-electron chi connectivity index (χ4n) is 1.80. The Morgan fingerprint density at radius 3 is 2.58 bits per heavy atom. The van der Waals surface area contributed by atoms with Crippen LogP contribution in [-0.4, -0.2) is 33.4 Å². The van der Waals surface area contributed by atoms with Gasteiger partial charge in [-0.25, -0.2) is 0 Å². The van der Waals surface area contributed by atoms with Gasteiger partial charge in [-0.15, -0.1) is 0 Å². The van der Waals surface area contributed by atoms with Gasteiger partial charge in [0.1, 0.15) is 11.9 Å². The van der Waals surface area contributed by atoms with Gasteiger partial charge in [-0.1, -0.05) is 5.46 Å². The van der Waals surface area contributed by atoms with Crippen molar-refractivity contribution in [3.05, 3.63) is 18.2 Å². The molecule has 0 aliphatic carbocycles. The summed E-state index contributed by atoms with van der Waals surface area (Å²) in [5.74, 6) is 0.0121. The fourth-order valence-corrected chi connectivity index (χ4v) is 1.80. The molecule has 0 bridgehead atoms. The topological polar surface area (TPSA) is 27.7 Å². The minimum absolute atomic E-state index is 0. The number of benzene rings is 1. The zero-order valence-corrected chi connectivity index (χ0v) is 14.0. The molecule has 0 amide bonds. The Labute approximate surface area is 152 Å². The zero-order chi connectivity index (χ0) is 13.2. The molecule has 1 aliphatic heterocycles. The van der Waals surface area contributed by atoms with Gasteiger partial charge in [0.05, 0.1) is 26.1 Å². The fraction of sp³-hybridized carbons (Fsp3) is 0.455. The van der Waals surface area contributed by atoms with E-state index in [0.29, 0.717) is 19.6 Å². The largest absolute Gasteiger partial charge is 1.00 e. The molecule has 1 heterocycles. The van der Waals surface area contributed by atoms with Gasteiger partial charge in [0.25, 0.3) is 0 Å². The molecule has 0 N–H and O–H groups in total. The van der Waals surface area contributed by atoms with E-state index in [1.54, 1.807) is 0 Å². The number of ether oxygens (including phenoxy) is 3. The molecule has 1 aromatic rings. The maximum absolute atomic E-state index is 12.9. The van der Waals surface area contributed by atoms with Crippen LogP contribution >= 0.6 is 0 Å². The Balaban J connectivity index is 0.00000180. The van der Waals surface area contributed by atoms with Crippen molar-refractivity contribution in [2.75, 3.05) is 20.3 Å². The molecular weight excluding hydrogens is 287 g/mol. The number of halogens is 3. The monoisotopic (exact) mass is 300 g/mol. The minimum atomic E-state index is -5.13. The van der Waals surface area contributed by atoms with E-state index in [1.807, 2.05) is 0 Å². The van der Waals surface area contributed by atoms with Crippen LogP contribution in [0.3, 0.4) is 0 Å². The van der Waals surface area contributed by atoms with E-state index >= 15 is 0 Å². The van der Waals surface area contributed by atoms with Crippen molar-refractivity contribution in [1.29, 1.82) is 0 Å². The molecule has 0 saturated carbocycles. The van der Waals surface area contributed by atoms with Gasteiger partial charge in [0.2, 0.25) is 0 Å². The van der Waals surface area contributed by atoms with E-state index in [4.69, 9.17) is 14.2 Å². The molecule has 8 heteroatoms. The molecule has 2 rings (SSSR count). The maximum atomic E-state index is 12.9. The molecule has 19 heavy (non-hydrogen) atoms. The molecule has 1 aromatic carbocycles. The van der Waals surface area contributed by atoms with E-state index in [1.165, 1.54) is 19.2 Å². The second kappa shape index (κ2) is 7.33. The van der Waals surface area contributed by atoms with E-state index in [2.05, 4.69) is 0 Å². The average Bonchev–Trinajstić information content (AvgIpc) is 2.81. The summed E-state index contributed by atoms with van der Waals surface area (Å²) in [5, 5.41) is 0. The third-order valence-electron chi connectivity index (χ3n) is 2.75. The molecule has 0 aromatic heterocycles. The van der Waals surface area contributed by atoms with Gasteiger partial charge in [0.15, 0.2) is 0 Å². The number of rotatable bonds is 4. The minimum Gasteiger partial charge on any atom is -0.497 e.